The summed E-state index contributed by atoms with van der Waals surface area (Å²) in [5.74, 6) is -0.671. The molecule has 1 atom stereocenters. The lowest BCUT2D eigenvalue weighted by Crippen LogP contribution is -2.22. The minimum atomic E-state index is -3.39. The van der Waals surface area contributed by atoms with Crippen LogP contribution in [0, 0.1) is 17.5 Å². The third-order valence-corrected chi connectivity index (χ3v) is 8.14. The lowest BCUT2D eigenvalue weighted by Gasteiger charge is -2.18. The highest BCUT2D eigenvalue weighted by molar-refractivity contribution is 7.92. The summed E-state index contributed by atoms with van der Waals surface area (Å²) < 4.78 is 45.0. The van der Waals surface area contributed by atoms with E-state index in [2.05, 4.69) is 25.6 Å². The maximum Gasteiger partial charge on any atom is 0.228 e. The van der Waals surface area contributed by atoms with Crippen LogP contribution in [0.15, 0.2) is 83.2 Å². The molecule has 3 aromatic heterocycles. The number of nitrogens with one attached hydrogen (secondary N) is 2. The Labute approximate surface area is 236 Å². The smallest absolute Gasteiger partial charge is 0.228 e. The molecule has 5 rings (SSSR count). The highest BCUT2D eigenvalue weighted by Gasteiger charge is 2.19. The average Bonchev–Trinajstić information content (AvgIpc) is 3.40. The van der Waals surface area contributed by atoms with Crippen molar-refractivity contribution >= 4 is 32.2 Å². The molecule has 1 amide bonds. The number of nitrogens with zero attached hydrogens (tertiary/aromatic N) is 5. The van der Waals surface area contributed by atoms with Crippen LogP contribution < -0.4 is 10.1 Å². The second kappa shape index (κ2) is 10.7. The van der Waals surface area contributed by atoms with Gasteiger partial charge in [0.1, 0.15) is 15.5 Å². The number of aromatic nitrogens is 5. The number of amides is 1. The summed E-state index contributed by atoms with van der Waals surface area (Å²) in [7, 11) is -3.39. The maximum absolute atomic E-state index is 15.3. The van der Waals surface area contributed by atoms with Crippen molar-refractivity contribution in [3.63, 3.8) is 0 Å². The Hall–Kier alpha value is -4.71. The van der Waals surface area contributed by atoms with Gasteiger partial charge in [-0.05, 0) is 75.2 Å². The molecule has 0 aliphatic heterocycles. The zero-order valence-corrected chi connectivity index (χ0v) is 23.7. The van der Waals surface area contributed by atoms with Gasteiger partial charge in [-0.2, -0.15) is 15.3 Å². The highest BCUT2D eigenvalue weighted by Crippen LogP contribution is 2.35. The van der Waals surface area contributed by atoms with Crippen molar-refractivity contribution in [3.05, 3.63) is 90.4 Å². The first kappa shape index (κ1) is 27.8. The van der Waals surface area contributed by atoms with Gasteiger partial charge in [-0.1, -0.05) is 6.07 Å². The standard InChI is InChI=1S/C29H28FN7O3S/c1-18-11-19(13-27(38)36-20-15-35-37(17-20)29(2,3)4)12-24(30)28(18)40-26-8-9-32-25-6-5-21(14-23(25)26)41(31,39)22-7-10-33-34-16-22/h5-12,14-17,31H,13H2,1-4H3,(H,36,38)/t41-/m0/s1. The van der Waals surface area contributed by atoms with E-state index in [1.807, 2.05) is 20.8 Å². The van der Waals surface area contributed by atoms with Crippen LogP contribution in [0.25, 0.3) is 10.9 Å². The van der Waals surface area contributed by atoms with E-state index in [0.717, 1.165) is 0 Å². The summed E-state index contributed by atoms with van der Waals surface area (Å²) in [6, 6.07) is 10.8. The predicted molar refractivity (Wildman–Crippen MR) is 152 cm³/mol. The number of ether oxygens (including phenoxy) is 1. The average molecular weight is 574 g/mol. The third-order valence-electron chi connectivity index (χ3n) is 6.31. The molecule has 2 N–H and O–H groups in total. The molecule has 0 aliphatic rings. The largest absolute Gasteiger partial charge is 0.453 e. The fourth-order valence-electron chi connectivity index (χ4n) is 4.24. The molecular formula is C29H28FN7O3S. The zero-order chi connectivity index (χ0) is 29.4. The van der Waals surface area contributed by atoms with E-state index in [9.17, 15) is 9.00 Å². The van der Waals surface area contributed by atoms with Crippen LogP contribution in [0.1, 0.15) is 31.9 Å². The van der Waals surface area contributed by atoms with Gasteiger partial charge in [0, 0.05) is 17.8 Å². The van der Waals surface area contributed by atoms with Crippen molar-refractivity contribution in [1.29, 1.82) is 4.78 Å². The number of fused-ring (bicyclic) bond motifs is 1. The second-order valence-corrected chi connectivity index (χ2v) is 12.6. The summed E-state index contributed by atoms with van der Waals surface area (Å²) >= 11 is 0. The molecule has 10 nitrogen and oxygen atoms in total. The number of hydrogen-bond donors (Lipinski definition) is 2. The number of hydrogen-bond acceptors (Lipinski definition) is 8. The Morgan fingerprint density at radius 3 is 2.56 bits per heavy atom. The van der Waals surface area contributed by atoms with E-state index in [1.54, 1.807) is 54.3 Å². The molecule has 41 heavy (non-hydrogen) atoms. The predicted octanol–water partition coefficient (Wildman–Crippen LogP) is 5.86. The Balaban J connectivity index is 1.38. The molecule has 210 valence electrons. The molecule has 0 saturated carbocycles. The highest BCUT2D eigenvalue weighted by atomic mass is 32.2. The number of rotatable bonds is 7. The van der Waals surface area contributed by atoms with E-state index >= 15 is 4.39 Å². The Morgan fingerprint density at radius 2 is 1.88 bits per heavy atom. The quantitative estimate of drug-likeness (QED) is 0.249. The van der Waals surface area contributed by atoms with Crippen molar-refractivity contribution in [2.45, 2.75) is 49.4 Å². The van der Waals surface area contributed by atoms with Crippen LogP contribution in [-0.4, -0.2) is 35.1 Å². The molecule has 3 heterocycles. The number of benzene rings is 2. The van der Waals surface area contributed by atoms with Gasteiger partial charge in [0.05, 0.1) is 51.5 Å². The van der Waals surface area contributed by atoms with Crippen LogP contribution in [0.5, 0.6) is 11.5 Å². The second-order valence-electron chi connectivity index (χ2n) is 10.5. The Morgan fingerprint density at radius 1 is 1.07 bits per heavy atom. The molecule has 12 heteroatoms. The summed E-state index contributed by atoms with van der Waals surface area (Å²) in [5, 5.41) is 14.9. The summed E-state index contributed by atoms with van der Waals surface area (Å²) in [6.07, 6.45) is 7.47. The maximum atomic E-state index is 15.3. The molecular weight excluding hydrogens is 545 g/mol. The first-order valence-electron chi connectivity index (χ1n) is 12.7. The van der Waals surface area contributed by atoms with Crippen LogP contribution in [0.3, 0.4) is 0 Å². The molecule has 2 aromatic carbocycles. The Bertz CT molecular complexity index is 1840. The SMILES string of the molecule is Cc1cc(CC(=O)Nc2cnn(C(C)(C)C)c2)cc(F)c1Oc1ccnc2ccc([S@](=N)(=O)c3ccnnc3)cc12. The Kier molecular flexibility index (Phi) is 7.26. The first-order chi connectivity index (χ1) is 19.4. The number of carbonyl (C=O) groups excluding carboxylic acids is 1. The number of halogens is 1. The van der Waals surface area contributed by atoms with Gasteiger partial charge in [0.2, 0.25) is 5.91 Å². The molecule has 0 radical (unpaired) electrons. The minimum absolute atomic E-state index is 0.0107. The molecule has 0 spiro atoms. The van der Waals surface area contributed by atoms with Crippen LogP contribution in [0.4, 0.5) is 10.1 Å². The monoisotopic (exact) mass is 573 g/mol. The molecule has 5 aromatic rings. The molecule has 0 bridgehead atoms. The normalized spacial score (nSPS) is 13.1. The fraction of sp³-hybridized carbons (Fsp3) is 0.207. The van der Waals surface area contributed by atoms with Gasteiger partial charge in [0.25, 0.3) is 0 Å². The summed E-state index contributed by atoms with van der Waals surface area (Å²) in [5.41, 5.74) is 1.83. The zero-order valence-electron chi connectivity index (χ0n) is 22.9. The van der Waals surface area contributed by atoms with Gasteiger partial charge in [-0.25, -0.2) is 13.4 Å². The molecule has 0 aliphatic carbocycles. The van der Waals surface area contributed by atoms with Crippen LogP contribution in [0.2, 0.25) is 0 Å². The van der Waals surface area contributed by atoms with E-state index in [-0.39, 0.29) is 39.2 Å². The number of pyridine rings is 1. The van der Waals surface area contributed by atoms with E-state index in [0.29, 0.717) is 27.7 Å². The van der Waals surface area contributed by atoms with Crippen LogP contribution >= 0.6 is 0 Å². The van der Waals surface area contributed by atoms with Gasteiger partial charge in [-0.15, -0.1) is 0 Å². The van der Waals surface area contributed by atoms with Crippen molar-refractivity contribution in [2.75, 3.05) is 5.32 Å². The van der Waals surface area contributed by atoms with Crippen molar-refractivity contribution < 1.29 is 18.1 Å². The van der Waals surface area contributed by atoms with Gasteiger partial charge in [-0.3, -0.25) is 14.5 Å². The number of anilines is 1. The van der Waals surface area contributed by atoms with E-state index < -0.39 is 15.5 Å². The minimum Gasteiger partial charge on any atom is -0.453 e. The number of carbonyl (C=O) groups is 1. The van der Waals surface area contributed by atoms with Gasteiger partial charge >= 0.3 is 0 Å². The van der Waals surface area contributed by atoms with E-state index in [1.165, 1.54) is 30.7 Å². The molecule has 0 saturated heterocycles. The first-order valence-corrected chi connectivity index (χ1v) is 14.2. The van der Waals surface area contributed by atoms with Crippen LogP contribution in [-0.2, 0) is 26.5 Å². The van der Waals surface area contributed by atoms with Gasteiger partial charge in [0.15, 0.2) is 11.6 Å². The van der Waals surface area contributed by atoms with Crippen molar-refractivity contribution in [2.24, 2.45) is 0 Å². The van der Waals surface area contributed by atoms with Gasteiger partial charge < -0.3 is 10.1 Å². The summed E-state index contributed by atoms with van der Waals surface area (Å²) in [6.45, 7) is 7.70. The fourth-order valence-corrected chi connectivity index (χ4v) is 5.50. The lowest BCUT2D eigenvalue weighted by molar-refractivity contribution is -0.115. The van der Waals surface area contributed by atoms with Crippen molar-refractivity contribution in [1.82, 2.24) is 25.0 Å². The summed E-state index contributed by atoms with van der Waals surface area (Å²) in [4.78, 5) is 17.4. The molecule has 0 unspecified atom stereocenters. The topological polar surface area (TPSA) is 136 Å². The van der Waals surface area contributed by atoms with Crippen molar-refractivity contribution in [3.8, 4) is 11.5 Å². The third kappa shape index (κ3) is 5.92. The molecule has 0 fully saturated rings. The lowest BCUT2D eigenvalue weighted by atomic mass is 10.1. The number of aryl methyl sites for hydroxylation is 1. The van der Waals surface area contributed by atoms with E-state index in [4.69, 9.17) is 9.52 Å².